The van der Waals surface area contributed by atoms with Crippen LogP contribution < -0.4 is 0 Å². The van der Waals surface area contributed by atoms with Gasteiger partial charge in [-0.25, -0.2) is 0 Å². The normalized spacial score (nSPS) is 12.1. The highest BCUT2D eigenvalue weighted by Gasteiger charge is 2.04. The second kappa shape index (κ2) is 4.15. The zero-order valence-electron chi connectivity index (χ0n) is 6.50. The van der Waals surface area contributed by atoms with Crippen LogP contribution >= 0.6 is 11.6 Å². The Hall–Kier alpha value is -0.970. The Morgan fingerprint density at radius 1 is 1.58 bits per heavy atom. The molecule has 0 aliphatic heterocycles. The van der Waals surface area contributed by atoms with E-state index in [0.717, 1.165) is 5.56 Å². The van der Waals surface area contributed by atoms with E-state index in [-0.39, 0.29) is 0 Å². The summed E-state index contributed by atoms with van der Waals surface area (Å²) < 4.78 is 0. The Bertz CT molecular complexity index is 301. The summed E-state index contributed by atoms with van der Waals surface area (Å²) in [5.74, 6) is 2.39. The van der Waals surface area contributed by atoms with Crippen molar-refractivity contribution in [2.24, 2.45) is 0 Å². The second-order valence-corrected chi connectivity index (χ2v) is 2.92. The highest BCUT2D eigenvalue weighted by Crippen LogP contribution is 2.19. The maximum absolute atomic E-state index is 9.44. The molecule has 1 nitrogen and oxygen atoms in total. The third-order valence-electron chi connectivity index (χ3n) is 1.54. The first kappa shape index (κ1) is 9.12. The fourth-order valence-electron chi connectivity index (χ4n) is 0.943. The average molecular weight is 181 g/mol. The molecule has 0 aliphatic carbocycles. The zero-order chi connectivity index (χ0) is 8.97. The van der Waals surface area contributed by atoms with E-state index in [1.165, 1.54) is 0 Å². The lowest BCUT2D eigenvalue weighted by Gasteiger charge is -2.06. The standard InChI is InChI=1S/C10H9ClO/c1-2-4-10(12)8-5-3-6-9(11)7-8/h1,3,5-7,10,12H,4H2/t10-/m0/s1. The molecule has 1 aromatic rings. The van der Waals surface area contributed by atoms with Gasteiger partial charge in [0.25, 0.3) is 0 Å². The lowest BCUT2D eigenvalue weighted by molar-refractivity contribution is 0.184. The lowest BCUT2D eigenvalue weighted by atomic mass is 10.1. The maximum atomic E-state index is 9.44. The van der Waals surface area contributed by atoms with Gasteiger partial charge in [0.15, 0.2) is 0 Å². The van der Waals surface area contributed by atoms with E-state index in [9.17, 15) is 5.11 Å². The monoisotopic (exact) mass is 180 g/mol. The number of terminal acetylenes is 1. The minimum atomic E-state index is -0.603. The van der Waals surface area contributed by atoms with Gasteiger partial charge in [-0.2, -0.15) is 0 Å². The van der Waals surface area contributed by atoms with E-state index in [0.29, 0.717) is 11.4 Å². The molecular weight excluding hydrogens is 172 g/mol. The summed E-state index contributed by atoms with van der Waals surface area (Å²) in [4.78, 5) is 0. The van der Waals surface area contributed by atoms with Gasteiger partial charge in [-0.1, -0.05) is 23.7 Å². The Labute approximate surface area is 77.0 Å². The molecule has 0 radical (unpaired) electrons. The first-order valence-corrected chi connectivity index (χ1v) is 3.99. The van der Waals surface area contributed by atoms with Gasteiger partial charge in [0, 0.05) is 11.4 Å². The highest BCUT2D eigenvalue weighted by molar-refractivity contribution is 6.30. The molecule has 1 atom stereocenters. The SMILES string of the molecule is C#CC[C@H](O)c1cccc(Cl)c1. The van der Waals surface area contributed by atoms with Gasteiger partial charge >= 0.3 is 0 Å². The van der Waals surface area contributed by atoms with Crippen LogP contribution in [0.5, 0.6) is 0 Å². The Morgan fingerprint density at radius 3 is 2.92 bits per heavy atom. The maximum Gasteiger partial charge on any atom is 0.0899 e. The number of halogens is 1. The largest absolute Gasteiger partial charge is 0.387 e. The first-order valence-electron chi connectivity index (χ1n) is 3.61. The smallest absolute Gasteiger partial charge is 0.0899 e. The molecule has 1 N–H and O–H groups in total. The molecule has 1 aromatic carbocycles. The van der Waals surface area contributed by atoms with Crippen molar-refractivity contribution >= 4 is 11.6 Å². The van der Waals surface area contributed by atoms with Gasteiger partial charge in [-0.05, 0) is 17.7 Å². The van der Waals surface area contributed by atoms with Crippen LogP contribution in [0.2, 0.25) is 5.02 Å². The molecule has 0 fully saturated rings. The molecule has 62 valence electrons. The van der Waals surface area contributed by atoms with Gasteiger partial charge < -0.3 is 5.11 Å². The molecule has 2 heteroatoms. The van der Waals surface area contributed by atoms with E-state index < -0.39 is 6.10 Å². The molecular formula is C10H9ClO. The summed E-state index contributed by atoms with van der Waals surface area (Å²) in [6.45, 7) is 0. The van der Waals surface area contributed by atoms with Crippen LogP contribution in [-0.2, 0) is 0 Å². The molecule has 0 unspecified atom stereocenters. The predicted octanol–water partition coefficient (Wildman–Crippen LogP) is 2.40. The van der Waals surface area contributed by atoms with Gasteiger partial charge in [-0.15, -0.1) is 12.3 Å². The molecule has 12 heavy (non-hydrogen) atoms. The molecule has 0 bridgehead atoms. The van der Waals surface area contributed by atoms with Gasteiger partial charge in [-0.3, -0.25) is 0 Å². The summed E-state index contributed by atoms with van der Waals surface area (Å²) in [6, 6.07) is 7.06. The van der Waals surface area contributed by atoms with Crippen LogP contribution in [0.25, 0.3) is 0 Å². The second-order valence-electron chi connectivity index (χ2n) is 2.48. The van der Waals surface area contributed by atoms with Crippen LogP contribution in [0, 0.1) is 12.3 Å². The van der Waals surface area contributed by atoms with Crippen LogP contribution in [0.1, 0.15) is 18.1 Å². The number of hydrogen-bond acceptors (Lipinski definition) is 1. The molecule has 0 spiro atoms. The molecule has 0 amide bonds. The van der Waals surface area contributed by atoms with E-state index in [4.69, 9.17) is 18.0 Å². The fraction of sp³-hybridized carbons (Fsp3) is 0.200. The van der Waals surface area contributed by atoms with E-state index in [2.05, 4.69) is 5.92 Å². The Balaban J connectivity index is 2.82. The minimum Gasteiger partial charge on any atom is -0.387 e. The summed E-state index contributed by atoms with van der Waals surface area (Å²) in [5, 5.41) is 10.1. The van der Waals surface area contributed by atoms with E-state index >= 15 is 0 Å². The summed E-state index contributed by atoms with van der Waals surface area (Å²) in [6.07, 6.45) is 4.78. The molecule has 0 saturated heterocycles. The van der Waals surface area contributed by atoms with Crippen LogP contribution in [-0.4, -0.2) is 5.11 Å². The predicted molar refractivity (Wildman–Crippen MR) is 49.9 cm³/mol. The van der Waals surface area contributed by atoms with Gasteiger partial charge in [0.05, 0.1) is 6.10 Å². The molecule has 0 aliphatic rings. The number of benzene rings is 1. The molecule has 1 rings (SSSR count). The van der Waals surface area contributed by atoms with E-state index in [1.807, 2.05) is 0 Å². The van der Waals surface area contributed by atoms with Gasteiger partial charge in [0.2, 0.25) is 0 Å². The third kappa shape index (κ3) is 2.27. The van der Waals surface area contributed by atoms with Crippen molar-refractivity contribution in [1.82, 2.24) is 0 Å². The fourth-order valence-corrected chi connectivity index (χ4v) is 1.14. The molecule has 0 saturated carbocycles. The molecule has 0 heterocycles. The van der Waals surface area contributed by atoms with Crippen molar-refractivity contribution in [1.29, 1.82) is 0 Å². The Kier molecular flexibility index (Phi) is 3.16. The topological polar surface area (TPSA) is 20.2 Å². The quantitative estimate of drug-likeness (QED) is 0.693. The number of aliphatic hydroxyl groups is 1. The Morgan fingerprint density at radius 2 is 2.33 bits per heavy atom. The number of aliphatic hydroxyl groups excluding tert-OH is 1. The van der Waals surface area contributed by atoms with Crippen molar-refractivity contribution in [3.05, 3.63) is 34.9 Å². The van der Waals surface area contributed by atoms with Crippen LogP contribution in [0.3, 0.4) is 0 Å². The van der Waals surface area contributed by atoms with Gasteiger partial charge in [0.1, 0.15) is 0 Å². The van der Waals surface area contributed by atoms with Crippen molar-refractivity contribution in [3.8, 4) is 12.3 Å². The van der Waals surface area contributed by atoms with Crippen molar-refractivity contribution in [2.45, 2.75) is 12.5 Å². The summed E-state index contributed by atoms with van der Waals surface area (Å²) in [7, 11) is 0. The average Bonchev–Trinajstić information content (AvgIpc) is 2.05. The summed E-state index contributed by atoms with van der Waals surface area (Å²) in [5.41, 5.74) is 0.764. The number of rotatable bonds is 2. The highest BCUT2D eigenvalue weighted by atomic mass is 35.5. The third-order valence-corrected chi connectivity index (χ3v) is 1.78. The van der Waals surface area contributed by atoms with Crippen molar-refractivity contribution in [3.63, 3.8) is 0 Å². The van der Waals surface area contributed by atoms with E-state index in [1.54, 1.807) is 24.3 Å². The van der Waals surface area contributed by atoms with Crippen LogP contribution in [0.15, 0.2) is 24.3 Å². The summed E-state index contributed by atoms with van der Waals surface area (Å²) >= 11 is 5.73. The zero-order valence-corrected chi connectivity index (χ0v) is 7.25. The minimum absolute atomic E-state index is 0.320. The molecule has 0 aromatic heterocycles. The van der Waals surface area contributed by atoms with Crippen molar-refractivity contribution in [2.75, 3.05) is 0 Å². The van der Waals surface area contributed by atoms with Crippen molar-refractivity contribution < 1.29 is 5.11 Å². The van der Waals surface area contributed by atoms with Crippen LogP contribution in [0.4, 0.5) is 0 Å². The number of hydrogen-bond donors (Lipinski definition) is 1. The first-order chi connectivity index (χ1) is 5.74. The lowest BCUT2D eigenvalue weighted by Crippen LogP contribution is -1.94.